The standard InChI is InChI=1S/C15H19N5/c1-2-5-13-12(4-1)14(18-11-17-13)16-10-15(6-7-15)20-9-3-8-19-20/h3,8-9,11H,1-2,4-7,10H2,(H,16,17,18). The molecule has 2 aromatic heterocycles. The predicted molar refractivity (Wildman–Crippen MR) is 76.6 cm³/mol. The first-order chi connectivity index (χ1) is 9.87. The van der Waals surface area contributed by atoms with Crippen molar-refractivity contribution in [3.8, 4) is 0 Å². The summed E-state index contributed by atoms with van der Waals surface area (Å²) < 4.78 is 2.09. The molecule has 2 aromatic rings. The molecule has 0 aliphatic heterocycles. The van der Waals surface area contributed by atoms with Crippen molar-refractivity contribution in [2.45, 2.75) is 44.1 Å². The first-order valence-electron chi connectivity index (χ1n) is 7.44. The lowest BCUT2D eigenvalue weighted by Crippen LogP contribution is -2.28. The van der Waals surface area contributed by atoms with Crippen molar-refractivity contribution in [1.29, 1.82) is 0 Å². The van der Waals surface area contributed by atoms with Gasteiger partial charge in [0.05, 0.1) is 5.54 Å². The van der Waals surface area contributed by atoms with Crippen LogP contribution in [0.15, 0.2) is 24.8 Å². The summed E-state index contributed by atoms with van der Waals surface area (Å²) in [5, 5.41) is 7.95. The van der Waals surface area contributed by atoms with Crippen molar-refractivity contribution in [1.82, 2.24) is 19.7 Å². The number of fused-ring (bicyclic) bond motifs is 1. The summed E-state index contributed by atoms with van der Waals surface area (Å²) in [6, 6.07) is 1.99. The summed E-state index contributed by atoms with van der Waals surface area (Å²) in [7, 11) is 0. The van der Waals surface area contributed by atoms with E-state index in [0.29, 0.717) is 0 Å². The summed E-state index contributed by atoms with van der Waals surface area (Å²) in [4.78, 5) is 8.87. The third kappa shape index (κ3) is 1.97. The Labute approximate surface area is 118 Å². The van der Waals surface area contributed by atoms with E-state index in [1.165, 1.54) is 36.9 Å². The number of aromatic nitrogens is 4. The molecule has 104 valence electrons. The number of rotatable bonds is 4. The quantitative estimate of drug-likeness (QED) is 0.924. The van der Waals surface area contributed by atoms with E-state index < -0.39 is 0 Å². The minimum Gasteiger partial charge on any atom is -0.367 e. The molecule has 0 amide bonds. The van der Waals surface area contributed by atoms with Gasteiger partial charge < -0.3 is 5.32 Å². The van der Waals surface area contributed by atoms with Crippen LogP contribution in [0.1, 0.15) is 36.9 Å². The van der Waals surface area contributed by atoms with E-state index in [1.54, 1.807) is 6.33 Å². The first kappa shape index (κ1) is 11.9. The molecule has 1 saturated carbocycles. The van der Waals surface area contributed by atoms with Crippen LogP contribution in [0.5, 0.6) is 0 Å². The zero-order valence-corrected chi connectivity index (χ0v) is 11.5. The summed E-state index contributed by atoms with van der Waals surface area (Å²) in [5.74, 6) is 1.04. The van der Waals surface area contributed by atoms with Gasteiger partial charge in [0.2, 0.25) is 0 Å². The Morgan fingerprint density at radius 1 is 1.20 bits per heavy atom. The molecule has 2 heterocycles. The number of hydrogen-bond donors (Lipinski definition) is 1. The van der Waals surface area contributed by atoms with Crippen LogP contribution in [0.3, 0.4) is 0 Å². The van der Waals surface area contributed by atoms with E-state index in [2.05, 4.69) is 31.3 Å². The van der Waals surface area contributed by atoms with Crippen molar-refractivity contribution in [2.24, 2.45) is 0 Å². The van der Waals surface area contributed by atoms with Crippen molar-refractivity contribution in [3.05, 3.63) is 36.0 Å². The average molecular weight is 269 g/mol. The summed E-state index contributed by atoms with van der Waals surface area (Å²) in [6.07, 6.45) is 12.7. The molecule has 0 saturated heterocycles. The molecular weight excluding hydrogens is 250 g/mol. The Hall–Kier alpha value is -1.91. The summed E-state index contributed by atoms with van der Waals surface area (Å²) >= 11 is 0. The van der Waals surface area contributed by atoms with Gasteiger partial charge in [-0.2, -0.15) is 5.10 Å². The average Bonchev–Trinajstić information content (AvgIpc) is 3.08. The molecule has 0 atom stereocenters. The van der Waals surface area contributed by atoms with Crippen LogP contribution < -0.4 is 5.32 Å². The van der Waals surface area contributed by atoms with E-state index in [9.17, 15) is 0 Å². The van der Waals surface area contributed by atoms with Crippen LogP contribution in [0.2, 0.25) is 0 Å². The van der Waals surface area contributed by atoms with Crippen LogP contribution in [0.4, 0.5) is 5.82 Å². The Kier molecular flexibility index (Phi) is 2.72. The predicted octanol–water partition coefficient (Wildman–Crippen LogP) is 2.15. The third-order valence-electron chi connectivity index (χ3n) is 4.53. The van der Waals surface area contributed by atoms with Crippen LogP contribution >= 0.6 is 0 Å². The molecule has 1 fully saturated rings. The van der Waals surface area contributed by atoms with Gasteiger partial charge in [-0.1, -0.05) is 0 Å². The highest BCUT2D eigenvalue weighted by Crippen LogP contribution is 2.43. The van der Waals surface area contributed by atoms with E-state index in [1.807, 2.05) is 12.3 Å². The van der Waals surface area contributed by atoms with Crippen molar-refractivity contribution >= 4 is 5.82 Å². The molecule has 0 bridgehead atoms. The zero-order chi connectivity index (χ0) is 13.4. The Bertz CT molecular complexity index is 601. The van der Waals surface area contributed by atoms with E-state index in [0.717, 1.165) is 25.2 Å². The van der Waals surface area contributed by atoms with Crippen LogP contribution in [0.25, 0.3) is 0 Å². The molecule has 1 N–H and O–H groups in total. The maximum Gasteiger partial charge on any atom is 0.132 e. The Morgan fingerprint density at radius 3 is 2.90 bits per heavy atom. The molecule has 0 unspecified atom stereocenters. The van der Waals surface area contributed by atoms with Gasteiger partial charge in [0, 0.05) is 30.2 Å². The van der Waals surface area contributed by atoms with Gasteiger partial charge in [-0.15, -0.1) is 0 Å². The van der Waals surface area contributed by atoms with Crippen LogP contribution in [0, 0.1) is 0 Å². The van der Waals surface area contributed by atoms with Crippen molar-refractivity contribution in [3.63, 3.8) is 0 Å². The number of aryl methyl sites for hydroxylation is 1. The molecule has 5 heteroatoms. The minimum atomic E-state index is 0.163. The highest BCUT2D eigenvalue weighted by molar-refractivity contribution is 5.47. The smallest absolute Gasteiger partial charge is 0.132 e. The van der Waals surface area contributed by atoms with Gasteiger partial charge in [0.15, 0.2) is 0 Å². The molecule has 20 heavy (non-hydrogen) atoms. The van der Waals surface area contributed by atoms with E-state index in [4.69, 9.17) is 0 Å². The fourth-order valence-corrected chi connectivity index (χ4v) is 3.10. The third-order valence-corrected chi connectivity index (χ3v) is 4.53. The second-order valence-electron chi connectivity index (χ2n) is 5.88. The lowest BCUT2D eigenvalue weighted by Gasteiger charge is -2.21. The van der Waals surface area contributed by atoms with Gasteiger partial charge in [0.1, 0.15) is 12.1 Å². The zero-order valence-electron chi connectivity index (χ0n) is 11.5. The molecule has 4 rings (SSSR count). The number of nitrogens with zero attached hydrogens (tertiary/aromatic N) is 4. The van der Waals surface area contributed by atoms with Gasteiger partial charge >= 0.3 is 0 Å². The van der Waals surface area contributed by atoms with Crippen molar-refractivity contribution in [2.75, 3.05) is 11.9 Å². The van der Waals surface area contributed by atoms with Crippen molar-refractivity contribution < 1.29 is 0 Å². The van der Waals surface area contributed by atoms with Gasteiger partial charge in [-0.25, -0.2) is 9.97 Å². The molecule has 0 radical (unpaired) electrons. The molecule has 0 spiro atoms. The highest BCUT2D eigenvalue weighted by Gasteiger charge is 2.45. The van der Waals surface area contributed by atoms with Gasteiger partial charge in [-0.05, 0) is 44.6 Å². The monoisotopic (exact) mass is 269 g/mol. The summed E-state index contributed by atoms with van der Waals surface area (Å²) in [5.41, 5.74) is 2.73. The van der Waals surface area contributed by atoms with Gasteiger partial charge in [-0.3, -0.25) is 4.68 Å². The number of hydrogen-bond acceptors (Lipinski definition) is 4. The largest absolute Gasteiger partial charge is 0.367 e. The summed E-state index contributed by atoms with van der Waals surface area (Å²) in [6.45, 7) is 0.901. The first-order valence-corrected chi connectivity index (χ1v) is 7.44. The Morgan fingerprint density at radius 2 is 2.10 bits per heavy atom. The molecule has 2 aliphatic rings. The maximum atomic E-state index is 4.45. The van der Waals surface area contributed by atoms with Crippen LogP contribution in [-0.4, -0.2) is 26.3 Å². The second-order valence-corrected chi connectivity index (χ2v) is 5.88. The normalized spacial score (nSPS) is 19.4. The topological polar surface area (TPSA) is 55.6 Å². The maximum absolute atomic E-state index is 4.45. The molecular formula is C15H19N5. The highest BCUT2D eigenvalue weighted by atomic mass is 15.3. The van der Waals surface area contributed by atoms with E-state index in [-0.39, 0.29) is 5.54 Å². The fraction of sp³-hybridized carbons (Fsp3) is 0.533. The fourth-order valence-electron chi connectivity index (χ4n) is 3.10. The number of nitrogens with one attached hydrogen (secondary N) is 1. The second kappa shape index (κ2) is 4.58. The SMILES string of the molecule is c1cnn(C2(CNc3ncnc4c3CCCC4)CC2)c1. The Balaban J connectivity index is 1.53. The lowest BCUT2D eigenvalue weighted by molar-refractivity contribution is 0.452. The van der Waals surface area contributed by atoms with Gasteiger partial charge in [0.25, 0.3) is 0 Å². The molecule has 0 aromatic carbocycles. The van der Waals surface area contributed by atoms with E-state index >= 15 is 0 Å². The van der Waals surface area contributed by atoms with Crippen LogP contribution in [-0.2, 0) is 18.4 Å². The number of anilines is 1. The molecule has 5 nitrogen and oxygen atoms in total. The lowest BCUT2D eigenvalue weighted by atomic mass is 9.96. The molecule has 2 aliphatic carbocycles. The minimum absolute atomic E-state index is 0.163.